The van der Waals surface area contributed by atoms with Crippen molar-refractivity contribution in [3.63, 3.8) is 0 Å². The first-order valence-electron chi connectivity index (χ1n) is 7.34. The van der Waals surface area contributed by atoms with Gasteiger partial charge in [0.25, 0.3) is 0 Å². The molecule has 0 radical (unpaired) electrons. The van der Waals surface area contributed by atoms with Crippen LogP contribution in [0.3, 0.4) is 0 Å². The van der Waals surface area contributed by atoms with Gasteiger partial charge in [-0.15, -0.1) is 11.8 Å². The fourth-order valence-corrected chi connectivity index (χ4v) is 3.35. The second-order valence-corrected chi connectivity index (χ2v) is 6.44. The highest BCUT2D eigenvalue weighted by Gasteiger charge is 2.11. The molecule has 0 spiro atoms. The van der Waals surface area contributed by atoms with Crippen molar-refractivity contribution in [3.05, 3.63) is 42.2 Å². The van der Waals surface area contributed by atoms with Crippen LogP contribution in [-0.4, -0.2) is 33.7 Å². The van der Waals surface area contributed by atoms with E-state index in [4.69, 9.17) is 4.52 Å². The summed E-state index contributed by atoms with van der Waals surface area (Å²) >= 11 is 1.74. The zero-order valence-corrected chi connectivity index (χ0v) is 13.9. The van der Waals surface area contributed by atoms with E-state index in [0.29, 0.717) is 18.2 Å². The first-order valence-corrected chi connectivity index (χ1v) is 8.32. The van der Waals surface area contributed by atoms with Gasteiger partial charge in [0.15, 0.2) is 5.82 Å². The molecule has 1 aromatic carbocycles. The van der Waals surface area contributed by atoms with Crippen LogP contribution in [0.2, 0.25) is 0 Å². The van der Waals surface area contributed by atoms with Crippen LogP contribution in [0, 0.1) is 0 Å². The van der Waals surface area contributed by atoms with Crippen molar-refractivity contribution in [2.24, 2.45) is 0 Å². The quantitative estimate of drug-likeness (QED) is 0.652. The van der Waals surface area contributed by atoms with Crippen molar-refractivity contribution < 1.29 is 4.52 Å². The lowest BCUT2D eigenvalue weighted by atomic mass is 10.2. The number of thioether (sulfide) groups is 1. The second-order valence-electron chi connectivity index (χ2n) is 5.43. The van der Waals surface area contributed by atoms with Crippen molar-refractivity contribution in [2.75, 3.05) is 14.1 Å². The van der Waals surface area contributed by atoms with Gasteiger partial charge in [0.05, 0.1) is 12.3 Å². The Labute approximate surface area is 134 Å². The highest BCUT2D eigenvalue weighted by atomic mass is 32.2. The molecule has 0 saturated carbocycles. The lowest BCUT2D eigenvalue weighted by molar-refractivity contribution is 0.354. The number of rotatable bonds is 6. The molecule has 0 bridgehead atoms. The summed E-state index contributed by atoms with van der Waals surface area (Å²) in [6.45, 7) is 3.82. The van der Waals surface area contributed by atoms with E-state index in [1.165, 1.54) is 15.8 Å². The zero-order valence-electron chi connectivity index (χ0n) is 13.1. The molecule has 22 heavy (non-hydrogen) atoms. The van der Waals surface area contributed by atoms with Gasteiger partial charge < -0.3 is 14.0 Å². The van der Waals surface area contributed by atoms with Crippen LogP contribution in [-0.2, 0) is 18.8 Å². The Bertz CT molecular complexity index is 762. The Balaban J connectivity index is 1.75. The summed E-state index contributed by atoms with van der Waals surface area (Å²) in [5.41, 5.74) is 1.27. The fourth-order valence-electron chi connectivity index (χ4n) is 2.43. The molecule has 3 rings (SSSR count). The maximum absolute atomic E-state index is 5.32. The molecule has 3 aromatic rings. The van der Waals surface area contributed by atoms with Gasteiger partial charge in [-0.3, -0.25) is 0 Å². The molecule has 6 heteroatoms. The van der Waals surface area contributed by atoms with E-state index < -0.39 is 0 Å². The average molecular weight is 316 g/mol. The van der Waals surface area contributed by atoms with Crippen LogP contribution in [0.4, 0.5) is 0 Å². The standard InChI is InChI=1S/C16H20N4OS/c1-4-20-9-14(12-7-5-6-8-13(12)20)22-11-16-17-15(18-21-16)10-19(2)3/h5-9H,4,10-11H2,1-3H3. The molecule has 0 aliphatic rings. The Morgan fingerprint density at radius 2 is 2.09 bits per heavy atom. The molecule has 0 unspecified atom stereocenters. The molecule has 0 amide bonds. The number of hydrogen-bond acceptors (Lipinski definition) is 5. The van der Waals surface area contributed by atoms with Gasteiger partial charge in [-0.25, -0.2) is 0 Å². The Morgan fingerprint density at radius 1 is 1.27 bits per heavy atom. The van der Waals surface area contributed by atoms with E-state index in [9.17, 15) is 0 Å². The number of aromatic nitrogens is 3. The minimum atomic E-state index is 0.676. The van der Waals surface area contributed by atoms with E-state index in [1.54, 1.807) is 11.8 Å². The fraction of sp³-hybridized carbons (Fsp3) is 0.375. The zero-order chi connectivity index (χ0) is 15.5. The molecule has 0 aliphatic carbocycles. The number of nitrogens with zero attached hydrogens (tertiary/aromatic N) is 4. The SMILES string of the molecule is CCn1cc(SCc2nc(CN(C)C)no2)c2ccccc21. The normalized spacial score (nSPS) is 11.6. The first kappa shape index (κ1) is 15.1. The molecule has 0 fully saturated rings. The molecule has 0 aliphatic heterocycles. The topological polar surface area (TPSA) is 47.1 Å². The maximum Gasteiger partial charge on any atom is 0.237 e. The molecular weight excluding hydrogens is 296 g/mol. The van der Waals surface area contributed by atoms with E-state index in [2.05, 4.69) is 52.1 Å². The monoisotopic (exact) mass is 316 g/mol. The van der Waals surface area contributed by atoms with Crippen molar-refractivity contribution >= 4 is 22.7 Å². The predicted molar refractivity (Wildman–Crippen MR) is 88.9 cm³/mol. The van der Waals surface area contributed by atoms with Crippen molar-refractivity contribution in [3.8, 4) is 0 Å². The molecular formula is C16H20N4OS. The number of benzene rings is 1. The largest absolute Gasteiger partial charge is 0.347 e. The van der Waals surface area contributed by atoms with Gasteiger partial charge in [0, 0.05) is 28.5 Å². The third kappa shape index (κ3) is 3.18. The number of para-hydroxylation sites is 1. The van der Waals surface area contributed by atoms with Gasteiger partial charge in [0.1, 0.15) is 0 Å². The summed E-state index contributed by atoms with van der Waals surface area (Å²) < 4.78 is 7.58. The maximum atomic E-state index is 5.32. The minimum absolute atomic E-state index is 0.676. The lowest BCUT2D eigenvalue weighted by Gasteiger charge is -2.03. The number of fused-ring (bicyclic) bond motifs is 1. The summed E-state index contributed by atoms with van der Waals surface area (Å²) in [5, 5.41) is 5.29. The summed E-state index contributed by atoms with van der Waals surface area (Å²) in [7, 11) is 3.98. The van der Waals surface area contributed by atoms with Crippen LogP contribution in [0.5, 0.6) is 0 Å². The van der Waals surface area contributed by atoms with Gasteiger partial charge >= 0.3 is 0 Å². The van der Waals surface area contributed by atoms with Crippen LogP contribution in [0.25, 0.3) is 10.9 Å². The van der Waals surface area contributed by atoms with E-state index in [-0.39, 0.29) is 0 Å². The second kappa shape index (κ2) is 6.54. The molecule has 0 saturated heterocycles. The van der Waals surface area contributed by atoms with Crippen molar-refractivity contribution in [1.29, 1.82) is 0 Å². The van der Waals surface area contributed by atoms with Crippen LogP contribution in [0.15, 0.2) is 39.9 Å². The molecule has 0 N–H and O–H groups in total. The minimum Gasteiger partial charge on any atom is -0.347 e. The van der Waals surface area contributed by atoms with Crippen LogP contribution < -0.4 is 0 Å². The van der Waals surface area contributed by atoms with Gasteiger partial charge in [-0.2, -0.15) is 4.98 Å². The van der Waals surface area contributed by atoms with Crippen LogP contribution >= 0.6 is 11.8 Å². The summed E-state index contributed by atoms with van der Waals surface area (Å²) in [4.78, 5) is 7.70. The Morgan fingerprint density at radius 3 is 2.86 bits per heavy atom. The van der Waals surface area contributed by atoms with Crippen molar-refractivity contribution in [1.82, 2.24) is 19.6 Å². The first-order chi connectivity index (χ1) is 10.7. The molecule has 116 valence electrons. The van der Waals surface area contributed by atoms with Gasteiger partial charge in [-0.05, 0) is 27.1 Å². The third-order valence-electron chi connectivity index (χ3n) is 3.41. The number of aryl methyl sites for hydroxylation is 1. The van der Waals surface area contributed by atoms with E-state index in [1.807, 2.05) is 19.0 Å². The van der Waals surface area contributed by atoms with E-state index in [0.717, 1.165) is 12.4 Å². The smallest absolute Gasteiger partial charge is 0.237 e. The van der Waals surface area contributed by atoms with Gasteiger partial charge in [-0.1, -0.05) is 23.4 Å². The summed E-state index contributed by atoms with van der Waals surface area (Å²) in [6.07, 6.45) is 2.20. The number of hydrogen-bond donors (Lipinski definition) is 0. The highest BCUT2D eigenvalue weighted by molar-refractivity contribution is 7.98. The highest BCUT2D eigenvalue weighted by Crippen LogP contribution is 2.31. The molecule has 2 aromatic heterocycles. The van der Waals surface area contributed by atoms with E-state index >= 15 is 0 Å². The third-order valence-corrected chi connectivity index (χ3v) is 4.44. The Hall–Kier alpha value is -1.79. The molecule has 2 heterocycles. The van der Waals surface area contributed by atoms with Gasteiger partial charge in [0.2, 0.25) is 5.89 Å². The Kier molecular flexibility index (Phi) is 4.49. The average Bonchev–Trinajstić information content (AvgIpc) is 3.09. The molecule has 5 nitrogen and oxygen atoms in total. The lowest BCUT2D eigenvalue weighted by Crippen LogP contribution is -2.11. The van der Waals surface area contributed by atoms with Crippen molar-refractivity contribution in [2.45, 2.75) is 30.7 Å². The molecule has 0 atom stereocenters. The summed E-state index contributed by atoms with van der Waals surface area (Å²) in [5.74, 6) is 2.10. The predicted octanol–water partition coefficient (Wildman–Crippen LogP) is 3.40. The van der Waals surface area contributed by atoms with Crippen LogP contribution in [0.1, 0.15) is 18.6 Å². The summed E-state index contributed by atoms with van der Waals surface area (Å²) in [6, 6.07) is 8.47.